The second kappa shape index (κ2) is 10.2. The van der Waals surface area contributed by atoms with Gasteiger partial charge in [0.25, 0.3) is 0 Å². The van der Waals surface area contributed by atoms with Crippen molar-refractivity contribution in [2.75, 3.05) is 19.6 Å². The van der Waals surface area contributed by atoms with Crippen LogP contribution in [0, 0.1) is 5.92 Å². The number of carbonyl (C=O) groups excluding carboxylic acids is 2. The van der Waals surface area contributed by atoms with E-state index in [4.69, 9.17) is 0 Å². The number of aliphatic imine (C=N–C) groups is 1. The third-order valence-electron chi connectivity index (χ3n) is 6.08. The van der Waals surface area contributed by atoms with Gasteiger partial charge in [0.05, 0.1) is 0 Å². The lowest BCUT2D eigenvalue weighted by Gasteiger charge is -2.35. The number of likely N-dealkylation sites (tertiary alicyclic amines) is 1. The van der Waals surface area contributed by atoms with Gasteiger partial charge in [0.2, 0.25) is 5.91 Å². The van der Waals surface area contributed by atoms with E-state index in [1.165, 1.54) is 16.5 Å². The molecule has 6 heteroatoms. The van der Waals surface area contributed by atoms with Crippen LogP contribution in [0.2, 0.25) is 0 Å². The zero-order chi connectivity index (χ0) is 22.4. The van der Waals surface area contributed by atoms with E-state index in [2.05, 4.69) is 39.4 Å². The van der Waals surface area contributed by atoms with Gasteiger partial charge in [-0.1, -0.05) is 30.9 Å². The molecule has 3 rings (SSSR count). The van der Waals surface area contributed by atoms with Crippen LogP contribution in [-0.4, -0.2) is 52.4 Å². The molecule has 1 amide bonds. The van der Waals surface area contributed by atoms with Crippen molar-refractivity contribution in [2.24, 2.45) is 18.0 Å². The molecule has 1 aliphatic heterocycles. The Morgan fingerprint density at radius 3 is 2.65 bits per heavy atom. The van der Waals surface area contributed by atoms with Crippen molar-refractivity contribution in [3.63, 3.8) is 0 Å². The quantitative estimate of drug-likeness (QED) is 0.369. The molecule has 0 radical (unpaired) electrons. The minimum atomic E-state index is 0.108. The number of aromatic nitrogens is 1. The molecule has 0 spiro atoms. The average molecular weight is 421 g/mol. The number of aryl methyl sites for hydroxylation is 1. The summed E-state index contributed by atoms with van der Waals surface area (Å²) < 4.78 is 2.12. The second-order valence-corrected chi connectivity index (χ2v) is 8.19. The van der Waals surface area contributed by atoms with Crippen LogP contribution in [0.3, 0.4) is 0 Å². The Hall–Kier alpha value is -3.15. The molecule has 1 aromatic heterocycles. The van der Waals surface area contributed by atoms with E-state index in [1.807, 2.05) is 31.0 Å². The number of hydrogen-bond donors (Lipinski definition) is 0. The second-order valence-electron chi connectivity index (χ2n) is 8.19. The molecule has 6 nitrogen and oxygen atoms in total. The first-order valence-corrected chi connectivity index (χ1v) is 10.8. The van der Waals surface area contributed by atoms with Crippen molar-refractivity contribution in [3.05, 3.63) is 60.1 Å². The highest BCUT2D eigenvalue weighted by molar-refractivity contribution is 6.01. The predicted octanol–water partition coefficient (Wildman–Crippen LogP) is 3.93. The first kappa shape index (κ1) is 22.5. The van der Waals surface area contributed by atoms with Crippen molar-refractivity contribution >= 4 is 29.3 Å². The predicted molar refractivity (Wildman–Crippen MR) is 126 cm³/mol. The van der Waals surface area contributed by atoms with E-state index in [1.54, 1.807) is 19.2 Å². The first-order chi connectivity index (χ1) is 14.9. The number of benzene rings is 1. The summed E-state index contributed by atoms with van der Waals surface area (Å²) in [5, 5.41) is 1.20. The summed E-state index contributed by atoms with van der Waals surface area (Å²) in [4.78, 5) is 31.7. The molecule has 164 valence electrons. The van der Waals surface area contributed by atoms with Gasteiger partial charge < -0.3 is 14.4 Å². The van der Waals surface area contributed by atoms with Crippen molar-refractivity contribution < 1.29 is 9.59 Å². The fraction of sp³-hybridized carbons (Fsp3) is 0.400. The van der Waals surface area contributed by atoms with Crippen molar-refractivity contribution in [1.29, 1.82) is 0 Å². The summed E-state index contributed by atoms with van der Waals surface area (Å²) in [5.41, 5.74) is 2.91. The smallest absolute Gasteiger partial charge is 0.219 e. The zero-order valence-electron chi connectivity index (χ0n) is 18.8. The van der Waals surface area contributed by atoms with Gasteiger partial charge in [-0.15, -0.1) is 0 Å². The molecular weight excluding hydrogens is 388 g/mol. The summed E-state index contributed by atoms with van der Waals surface area (Å²) in [5.74, 6) is 1.24. The van der Waals surface area contributed by atoms with Gasteiger partial charge in [0, 0.05) is 69.0 Å². The number of nitrogens with zero attached hydrogens (tertiary/aromatic N) is 4. The standard InChI is InChI=1S/C25H32N4O2/c1-5-21(18-30)14-26-19(2)28-12-10-22(11-13-28)15-29(20(3)31)17-23-16-27(4)25-9-7-6-8-24(23)25/h5-9,14,16,18,22H,2,10-13,15,17H2,1,3-4H3/b21-5+,26-14-. The van der Waals surface area contributed by atoms with E-state index >= 15 is 0 Å². The van der Waals surface area contributed by atoms with Crippen LogP contribution in [0.1, 0.15) is 32.3 Å². The largest absolute Gasteiger partial charge is 0.357 e. The summed E-state index contributed by atoms with van der Waals surface area (Å²) in [6.07, 6.45) is 8.17. The van der Waals surface area contributed by atoms with Gasteiger partial charge in [0.1, 0.15) is 5.82 Å². The highest BCUT2D eigenvalue weighted by Gasteiger charge is 2.24. The Balaban J connectivity index is 1.59. The molecular formula is C25H32N4O2. The Bertz CT molecular complexity index is 1010. The van der Waals surface area contributed by atoms with Crippen molar-refractivity contribution in [1.82, 2.24) is 14.4 Å². The highest BCUT2D eigenvalue weighted by atomic mass is 16.2. The highest BCUT2D eigenvalue weighted by Crippen LogP contribution is 2.25. The number of fused-ring (bicyclic) bond motifs is 1. The normalized spacial score (nSPS) is 15.6. The number of amides is 1. The third kappa shape index (κ3) is 5.51. The topological polar surface area (TPSA) is 57.9 Å². The lowest BCUT2D eigenvalue weighted by Crippen LogP contribution is -2.39. The summed E-state index contributed by atoms with van der Waals surface area (Å²) in [6.45, 7) is 10.6. The maximum Gasteiger partial charge on any atom is 0.219 e. The van der Waals surface area contributed by atoms with Crippen LogP contribution in [0.15, 0.2) is 59.5 Å². The molecule has 1 aromatic carbocycles. The van der Waals surface area contributed by atoms with Gasteiger partial charge in [-0.25, -0.2) is 4.99 Å². The Labute approximate surface area is 184 Å². The molecule has 0 aliphatic carbocycles. The Kier molecular flexibility index (Phi) is 7.45. The first-order valence-electron chi connectivity index (χ1n) is 10.8. The van der Waals surface area contributed by atoms with Crippen LogP contribution in [0.4, 0.5) is 0 Å². The van der Waals surface area contributed by atoms with Crippen LogP contribution >= 0.6 is 0 Å². The molecule has 0 N–H and O–H groups in total. The number of para-hydroxylation sites is 1. The maximum atomic E-state index is 12.4. The zero-order valence-corrected chi connectivity index (χ0v) is 18.8. The lowest BCUT2D eigenvalue weighted by atomic mass is 9.96. The molecule has 1 saturated heterocycles. The minimum absolute atomic E-state index is 0.108. The number of rotatable bonds is 8. The fourth-order valence-electron chi connectivity index (χ4n) is 4.15. The van der Waals surface area contributed by atoms with E-state index in [0.29, 0.717) is 23.9 Å². The molecule has 31 heavy (non-hydrogen) atoms. The summed E-state index contributed by atoms with van der Waals surface area (Å²) >= 11 is 0. The van der Waals surface area contributed by atoms with E-state index in [-0.39, 0.29) is 5.91 Å². The summed E-state index contributed by atoms with van der Waals surface area (Å²) in [7, 11) is 2.05. The van der Waals surface area contributed by atoms with Crippen LogP contribution in [0.25, 0.3) is 10.9 Å². The molecule has 0 saturated carbocycles. The van der Waals surface area contributed by atoms with Gasteiger partial charge >= 0.3 is 0 Å². The molecule has 0 bridgehead atoms. The molecule has 1 aliphatic rings. The molecule has 1 fully saturated rings. The fourth-order valence-corrected chi connectivity index (χ4v) is 4.15. The SMILES string of the molecule is C=C(/N=C\C(C=O)=C/C)N1CCC(CN(Cc2cn(C)c3ccccc23)C(C)=O)CC1. The monoisotopic (exact) mass is 420 g/mol. The molecule has 2 heterocycles. The maximum absolute atomic E-state index is 12.4. The molecule has 0 unspecified atom stereocenters. The summed E-state index contributed by atoms with van der Waals surface area (Å²) in [6, 6.07) is 8.32. The lowest BCUT2D eigenvalue weighted by molar-refractivity contribution is -0.130. The number of piperidine rings is 1. The number of allylic oxidation sites excluding steroid dienone is 2. The minimum Gasteiger partial charge on any atom is -0.357 e. The Morgan fingerprint density at radius 2 is 2.00 bits per heavy atom. The van der Waals surface area contributed by atoms with E-state index in [0.717, 1.165) is 38.8 Å². The van der Waals surface area contributed by atoms with Gasteiger partial charge in [0.15, 0.2) is 6.29 Å². The van der Waals surface area contributed by atoms with Crippen molar-refractivity contribution in [2.45, 2.75) is 33.2 Å². The molecule has 2 aromatic rings. The van der Waals surface area contributed by atoms with E-state index < -0.39 is 0 Å². The van der Waals surface area contributed by atoms with E-state index in [9.17, 15) is 9.59 Å². The number of aldehydes is 1. The van der Waals surface area contributed by atoms with Crippen LogP contribution in [0.5, 0.6) is 0 Å². The average Bonchev–Trinajstić information content (AvgIpc) is 3.10. The van der Waals surface area contributed by atoms with Gasteiger partial charge in [-0.2, -0.15) is 0 Å². The third-order valence-corrected chi connectivity index (χ3v) is 6.08. The molecule has 0 atom stereocenters. The Morgan fingerprint density at radius 1 is 1.29 bits per heavy atom. The van der Waals surface area contributed by atoms with Gasteiger partial charge in [-0.05, 0) is 37.3 Å². The van der Waals surface area contributed by atoms with Gasteiger partial charge in [-0.3, -0.25) is 9.59 Å². The van der Waals surface area contributed by atoms with Crippen LogP contribution in [-0.2, 0) is 23.2 Å². The number of carbonyl (C=O) groups is 2. The number of hydrogen-bond acceptors (Lipinski definition) is 4. The van der Waals surface area contributed by atoms with Crippen LogP contribution < -0.4 is 0 Å². The van der Waals surface area contributed by atoms with Crippen molar-refractivity contribution in [3.8, 4) is 0 Å².